The Kier molecular flexibility index (Phi) is 7.57. The molecule has 0 fully saturated rings. The second-order valence-electron chi connectivity index (χ2n) is 6.41. The van der Waals surface area contributed by atoms with Gasteiger partial charge in [-0.1, -0.05) is 18.2 Å². The van der Waals surface area contributed by atoms with Crippen LogP contribution in [0.3, 0.4) is 0 Å². The van der Waals surface area contributed by atoms with Crippen molar-refractivity contribution in [1.82, 2.24) is 5.32 Å². The molecule has 0 aliphatic carbocycles. The molecule has 0 saturated heterocycles. The zero-order valence-electron chi connectivity index (χ0n) is 15.8. The smallest absolute Gasteiger partial charge is 0.340 e. The molecule has 0 bridgehead atoms. The van der Waals surface area contributed by atoms with Crippen molar-refractivity contribution in [2.75, 3.05) is 17.2 Å². The van der Waals surface area contributed by atoms with Gasteiger partial charge in [-0.3, -0.25) is 4.79 Å². The van der Waals surface area contributed by atoms with E-state index in [1.54, 1.807) is 24.3 Å². The maximum Gasteiger partial charge on any atom is 0.340 e. The van der Waals surface area contributed by atoms with E-state index in [0.717, 1.165) is 10.0 Å². The van der Waals surface area contributed by atoms with Gasteiger partial charge in [-0.15, -0.1) is 0 Å². The lowest BCUT2D eigenvalue weighted by molar-refractivity contribution is -0.119. The summed E-state index contributed by atoms with van der Waals surface area (Å²) in [5, 5.41) is 7.95. The molecule has 0 aliphatic rings. The van der Waals surface area contributed by atoms with E-state index in [1.165, 1.54) is 6.07 Å². The van der Waals surface area contributed by atoms with Crippen LogP contribution < -0.4 is 16.0 Å². The van der Waals surface area contributed by atoms with Crippen LogP contribution in [0.15, 0.2) is 46.9 Å². The van der Waals surface area contributed by atoms with Gasteiger partial charge in [-0.25, -0.2) is 9.59 Å². The summed E-state index contributed by atoms with van der Waals surface area (Å²) >= 11 is 3.37. The lowest BCUT2D eigenvalue weighted by Gasteiger charge is -2.13. The molecule has 3 amide bonds. The van der Waals surface area contributed by atoms with Gasteiger partial charge in [0, 0.05) is 10.5 Å². The van der Waals surface area contributed by atoms with Crippen LogP contribution in [0.4, 0.5) is 16.2 Å². The van der Waals surface area contributed by atoms with Gasteiger partial charge < -0.3 is 20.7 Å². The zero-order valence-corrected chi connectivity index (χ0v) is 17.4. The van der Waals surface area contributed by atoms with Gasteiger partial charge in [-0.2, -0.15) is 0 Å². The first-order valence-electron chi connectivity index (χ1n) is 8.66. The van der Waals surface area contributed by atoms with Crippen LogP contribution in [-0.4, -0.2) is 30.6 Å². The Bertz CT molecular complexity index is 884. The predicted octanol–water partition coefficient (Wildman–Crippen LogP) is 4.08. The molecule has 0 heterocycles. The van der Waals surface area contributed by atoms with Gasteiger partial charge in [0.2, 0.25) is 0 Å². The lowest BCUT2D eigenvalue weighted by atomic mass is 10.2. The van der Waals surface area contributed by atoms with Gasteiger partial charge in [0.1, 0.15) is 0 Å². The average Bonchev–Trinajstić information content (AvgIpc) is 2.62. The second-order valence-corrected chi connectivity index (χ2v) is 7.26. The molecule has 0 aliphatic heterocycles. The quantitative estimate of drug-likeness (QED) is 0.581. The van der Waals surface area contributed by atoms with Crippen molar-refractivity contribution in [3.8, 4) is 0 Å². The molecule has 2 rings (SSSR count). The molecular formula is C20H22BrN3O4. The van der Waals surface area contributed by atoms with E-state index in [4.69, 9.17) is 4.74 Å². The molecule has 148 valence electrons. The molecule has 0 aromatic heterocycles. The number of carbonyl (C=O) groups is 3. The summed E-state index contributed by atoms with van der Waals surface area (Å²) in [4.78, 5) is 36.3. The van der Waals surface area contributed by atoms with Crippen molar-refractivity contribution in [2.24, 2.45) is 0 Å². The number of esters is 1. The number of para-hydroxylation sites is 1. The standard InChI is InChI=1S/C20H22BrN3O4/c1-12(2)22-20(27)24-16-7-5-4-6-14(16)19(26)28-11-18(25)23-17-9-8-13(3)10-15(17)21/h4-10,12H,11H2,1-3H3,(H,23,25)(H2,22,24,27). The minimum Gasteiger partial charge on any atom is -0.452 e. The van der Waals surface area contributed by atoms with Gasteiger partial charge in [0.05, 0.1) is 16.9 Å². The highest BCUT2D eigenvalue weighted by Crippen LogP contribution is 2.23. The monoisotopic (exact) mass is 447 g/mol. The Morgan fingerprint density at radius 1 is 1.04 bits per heavy atom. The normalized spacial score (nSPS) is 10.3. The maximum atomic E-state index is 12.4. The molecule has 2 aromatic rings. The first kappa shape index (κ1) is 21.4. The van der Waals surface area contributed by atoms with E-state index in [-0.39, 0.29) is 11.6 Å². The average molecular weight is 448 g/mol. The van der Waals surface area contributed by atoms with Crippen LogP contribution in [0.2, 0.25) is 0 Å². The number of rotatable bonds is 6. The van der Waals surface area contributed by atoms with Crippen LogP contribution in [0, 0.1) is 6.92 Å². The molecule has 8 heteroatoms. The number of ether oxygens (including phenoxy) is 1. The van der Waals surface area contributed by atoms with Crippen LogP contribution >= 0.6 is 15.9 Å². The number of urea groups is 1. The van der Waals surface area contributed by atoms with E-state index in [9.17, 15) is 14.4 Å². The largest absolute Gasteiger partial charge is 0.452 e. The fraction of sp³-hybridized carbons (Fsp3) is 0.250. The van der Waals surface area contributed by atoms with Gasteiger partial charge in [0.15, 0.2) is 6.61 Å². The van der Waals surface area contributed by atoms with E-state index in [0.29, 0.717) is 11.4 Å². The minimum absolute atomic E-state index is 0.0519. The Morgan fingerprint density at radius 3 is 2.43 bits per heavy atom. The molecule has 2 aromatic carbocycles. The molecule has 7 nitrogen and oxygen atoms in total. The van der Waals surface area contributed by atoms with Crippen molar-refractivity contribution in [2.45, 2.75) is 26.8 Å². The Morgan fingerprint density at radius 2 is 1.75 bits per heavy atom. The number of halogens is 1. The Hall–Kier alpha value is -2.87. The number of anilines is 2. The molecule has 0 atom stereocenters. The summed E-state index contributed by atoms with van der Waals surface area (Å²) in [5.74, 6) is -1.18. The summed E-state index contributed by atoms with van der Waals surface area (Å²) < 4.78 is 5.83. The molecule has 3 N–H and O–H groups in total. The van der Waals surface area contributed by atoms with Crippen molar-refractivity contribution >= 4 is 45.2 Å². The number of aryl methyl sites for hydroxylation is 1. The summed E-state index contributed by atoms with van der Waals surface area (Å²) in [6, 6.07) is 11.4. The topological polar surface area (TPSA) is 96.5 Å². The van der Waals surface area contributed by atoms with E-state index in [2.05, 4.69) is 31.9 Å². The summed E-state index contributed by atoms with van der Waals surface area (Å²) in [5.41, 5.74) is 2.08. The van der Waals surface area contributed by atoms with Gasteiger partial charge in [-0.05, 0) is 66.5 Å². The zero-order chi connectivity index (χ0) is 20.7. The van der Waals surface area contributed by atoms with Crippen molar-refractivity contribution in [1.29, 1.82) is 0 Å². The number of hydrogen-bond acceptors (Lipinski definition) is 4. The highest BCUT2D eigenvalue weighted by molar-refractivity contribution is 9.10. The number of nitrogens with one attached hydrogen (secondary N) is 3. The third-order valence-electron chi connectivity index (χ3n) is 3.55. The fourth-order valence-corrected chi connectivity index (χ4v) is 2.90. The Balaban J connectivity index is 1.97. The molecule has 0 unspecified atom stereocenters. The number of amides is 3. The third kappa shape index (κ3) is 6.38. The number of benzene rings is 2. The highest BCUT2D eigenvalue weighted by atomic mass is 79.9. The number of carbonyl (C=O) groups excluding carboxylic acids is 3. The van der Waals surface area contributed by atoms with Crippen molar-refractivity contribution in [3.05, 3.63) is 58.1 Å². The lowest BCUT2D eigenvalue weighted by Crippen LogP contribution is -2.34. The first-order valence-corrected chi connectivity index (χ1v) is 9.45. The maximum absolute atomic E-state index is 12.4. The SMILES string of the molecule is Cc1ccc(NC(=O)COC(=O)c2ccccc2NC(=O)NC(C)C)c(Br)c1. The van der Waals surface area contributed by atoms with Gasteiger partial charge in [0.25, 0.3) is 5.91 Å². The highest BCUT2D eigenvalue weighted by Gasteiger charge is 2.16. The van der Waals surface area contributed by atoms with Crippen LogP contribution in [0.5, 0.6) is 0 Å². The van der Waals surface area contributed by atoms with Crippen LogP contribution in [0.1, 0.15) is 29.8 Å². The van der Waals surface area contributed by atoms with Crippen molar-refractivity contribution in [3.63, 3.8) is 0 Å². The molecular weight excluding hydrogens is 426 g/mol. The van der Waals surface area contributed by atoms with E-state index >= 15 is 0 Å². The summed E-state index contributed by atoms with van der Waals surface area (Å²) in [6.07, 6.45) is 0. The fourth-order valence-electron chi connectivity index (χ4n) is 2.31. The van der Waals surface area contributed by atoms with Crippen LogP contribution in [-0.2, 0) is 9.53 Å². The predicted molar refractivity (Wildman–Crippen MR) is 112 cm³/mol. The van der Waals surface area contributed by atoms with E-state index < -0.39 is 24.5 Å². The van der Waals surface area contributed by atoms with E-state index in [1.807, 2.05) is 32.9 Å². The first-order chi connectivity index (χ1) is 13.3. The summed E-state index contributed by atoms with van der Waals surface area (Å²) in [6.45, 7) is 5.13. The Labute approximate surface area is 172 Å². The number of hydrogen-bond donors (Lipinski definition) is 3. The molecule has 0 saturated carbocycles. The molecule has 0 radical (unpaired) electrons. The second kappa shape index (κ2) is 9.89. The van der Waals surface area contributed by atoms with Gasteiger partial charge >= 0.3 is 12.0 Å². The summed E-state index contributed by atoms with van der Waals surface area (Å²) in [7, 11) is 0. The third-order valence-corrected chi connectivity index (χ3v) is 4.20. The minimum atomic E-state index is -0.710. The van der Waals surface area contributed by atoms with Crippen LogP contribution in [0.25, 0.3) is 0 Å². The van der Waals surface area contributed by atoms with Crippen molar-refractivity contribution < 1.29 is 19.1 Å². The molecule has 28 heavy (non-hydrogen) atoms. The molecule has 0 spiro atoms.